The van der Waals surface area contributed by atoms with Gasteiger partial charge in [0.1, 0.15) is 0 Å². The number of rotatable bonds is 3. The third kappa shape index (κ3) is 3.34. The fraction of sp³-hybridized carbons (Fsp3) is 0.158. The molecule has 0 atom stereocenters. The van der Waals surface area contributed by atoms with Crippen molar-refractivity contribution in [1.82, 2.24) is 9.78 Å². The lowest BCUT2D eigenvalue weighted by atomic mass is 10.0. The van der Waals surface area contributed by atoms with Crippen LogP contribution in [0.15, 0.2) is 48.8 Å². The summed E-state index contributed by atoms with van der Waals surface area (Å²) in [4.78, 5) is 12.5. The van der Waals surface area contributed by atoms with Crippen LogP contribution in [0.3, 0.4) is 0 Å². The predicted molar refractivity (Wildman–Crippen MR) is 97.2 cm³/mol. The van der Waals surface area contributed by atoms with Crippen molar-refractivity contribution in [3.8, 4) is 5.69 Å². The van der Waals surface area contributed by atoms with Gasteiger partial charge in [-0.1, -0.05) is 29.3 Å². The molecule has 1 heterocycles. The fourth-order valence-corrected chi connectivity index (χ4v) is 2.86. The molecule has 1 N–H and O–H groups in total. The van der Waals surface area contributed by atoms with Crippen LogP contribution in [-0.2, 0) is 0 Å². The molecule has 1 amide bonds. The molecule has 122 valence electrons. The lowest BCUT2D eigenvalue weighted by molar-refractivity contribution is 0.102. The summed E-state index contributed by atoms with van der Waals surface area (Å²) in [6.07, 6.45) is 3.26. The normalized spacial score (nSPS) is 10.7. The number of anilines is 1. The highest BCUT2D eigenvalue weighted by Crippen LogP contribution is 2.22. The van der Waals surface area contributed by atoms with Crippen molar-refractivity contribution in [1.29, 1.82) is 0 Å². The summed E-state index contributed by atoms with van der Waals surface area (Å²) >= 11 is 5.89. The molecule has 0 radical (unpaired) electrons. The summed E-state index contributed by atoms with van der Waals surface area (Å²) in [5.74, 6) is -0.176. The van der Waals surface area contributed by atoms with Gasteiger partial charge in [0.25, 0.3) is 5.91 Å². The van der Waals surface area contributed by atoms with E-state index in [9.17, 15) is 4.79 Å². The molecule has 0 fully saturated rings. The number of halogens is 1. The van der Waals surface area contributed by atoms with Gasteiger partial charge in [0.15, 0.2) is 0 Å². The molecule has 0 saturated heterocycles. The highest BCUT2D eigenvalue weighted by molar-refractivity contribution is 6.30. The van der Waals surface area contributed by atoms with Crippen LogP contribution in [0.25, 0.3) is 5.69 Å². The number of aryl methyl sites for hydroxylation is 3. The minimum Gasteiger partial charge on any atom is -0.321 e. The second kappa shape index (κ2) is 6.49. The van der Waals surface area contributed by atoms with Gasteiger partial charge >= 0.3 is 0 Å². The number of hydrogen-bond donors (Lipinski definition) is 1. The van der Waals surface area contributed by atoms with Crippen molar-refractivity contribution in [2.24, 2.45) is 0 Å². The third-order valence-electron chi connectivity index (χ3n) is 3.85. The first-order chi connectivity index (χ1) is 11.4. The second-order valence-corrected chi connectivity index (χ2v) is 6.31. The van der Waals surface area contributed by atoms with E-state index in [1.807, 2.05) is 32.9 Å². The Morgan fingerprint density at radius 3 is 2.33 bits per heavy atom. The van der Waals surface area contributed by atoms with Gasteiger partial charge in [-0.2, -0.15) is 5.10 Å². The Morgan fingerprint density at radius 1 is 1.08 bits per heavy atom. The van der Waals surface area contributed by atoms with Crippen LogP contribution >= 0.6 is 11.6 Å². The summed E-state index contributed by atoms with van der Waals surface area (Å²) in [7, 11) is 0. The summed E-state index contributed by atoms with van der Waals surface area (Å²) in [5, 5.41) is 7.89. The van der Waals surface area contributed by atoms with Crippen LogP contribution in [0.5, 0.6) is 0 Å². The molecule has 1 aromatic heterocycles. The minimum atomic E-state index is -0.176. The van der Waals surface area contributed by atoms with E-state index in [1.54, 1.807) is 29.2 Å². The Labute approximate surface area is 146 Å². The molecule has 0 saturated carbocycles. The van der Waals surface area contributed by atoms with Gasteiger partial charge in [0.05, 0.1) is 17.4 Å². The summed E-state index contributed by atoms with van der Waals surface area (Å²) < 4.78 is 1.65. The molecule has 0 aliphatic carbocycles. The Balaban J connectivity index is 1.83. The van der Waals surface area contributed by atoms with E-state index in [0.29, 0.717) is 10.6 Å². The average Bonchev–Trinajstić information content (AvgIpc) is 3.01. The van der Waals surface area contributed by atoms with Crippen LogP contribution in [0.1, 0.15) is 27.0 Å². The topological polar surface area (TPSA) is 46.9 Å². The van der Waals surface area contributed by atoms with Crippen LogP contribution in [-0.4, -0.2) is 15.7 Å². The predicted octanol–water partition coefficient (Wildman–Crippen LogP) is 4.70. The van der Waals surface area contributed by atoms with E-state index in [2.05, 4.69) is 22.5 Å². The minimum absolute atomic E-state index is 0.176. The Morgan fingerprint density at radius 2 is 1.71 bits per heavy atom. The van der Waals surface area contributed by atoms with Crippen LogP contribution in [0.4, 0.5) is 5.69 Å². The summed E-state index contributed by atoms with van der Waals surface area (Å²) in [6, 6.07) is 11.4. The summed E-state index contributed by atoms with van der Waals surface area (Å²) in [6.45, 7) is 6.03. The molecule has 0 unspecified atom stereocenters. The Kier molecular flexibility index (Phi) is 4.40. The number of nitrogens with zero attached hydrogens (tertiary/aromatic N) is 2. The zero-order valence-electron chi connectivity index (χ0n) is 13.8. The van der Waals surface area contributed by atoms with Gasteiger partial charge in [0, 0.05) is 16.9 Å². The highest BCUT2D eigenvalue weighted by Gasteiger charge is 2.13. The van der Waals surface area contributed by atoms with Crippen LogP contribution in [0.2, 0.25) is 5.02 Å². The number of aromatic nitrogens is 2. The van der Waals surface area contributed by atoms with Crippen molar-refractivity contribution in [3.05, 3.63) is 76.1 Å². The first-order valence-electron chi connectivity index (χ1n) is 7.64. The van der Waals surface area contributed by atoms with Crippen LogP contribution in [0, 0.1) is 20.8 Å². The smallest absolute Gasteiger partial charge is 0.258 e. The molecule has 0 bridgehead atoms. The van der Waals surface area contributed by atoms with Gasteiger partial charge in [-0.3, -0.25) is 4.79 Å². The fourth-order valence-electron chi connectivity index (χ4n) is 2.74. The zero-order valence-corrected chi connectivity index (χ0v) is 14.6. The number of carbonyl (C=O) groups is 1. The van der Waals surface area contributed by atoms with Gasteiger partial charge in [-0.25, -0.2) is 4.68 Å². The molecule has 0 aliphatic heterocycles. The van der Waals surface area contributed by atoms with E-state index < -0.39 is 0 Å². The van der Waals surface area contributed by atoms with Crippen molar-refractivity contribution in [3.63, 3.8) is 0 Å². The van der Waals surface area contributed by atoms with E-state index in [4.69, 9.17) is 11.6 Å². The molecule has 5 heteroatoms. The maximum atomic E-state index is 12.5. The average molecular weight is 340 g/mol. The van der Waals surface area contributed by atoms with Crippen molar-refractivity contribution in [2.45, 2.75) is 20.8 Å². The molecular weight excluding hydrogens is 322 g/mol. The monoisotopic (exact) mass is 339 g/mol. The summed E-state index contributed by atoms with van der Waals surface area (Å²) in [5.41, 5.74) is 5.48. The van der Waals surface area contributed by atoms with E-state index in [1.165, 1.54) is 5.56 Å². The first-order valence-corrected chi connectivity index (χ1v) is 8.01. The Bertz CT molecular complexity index is 874. The standard InChI is InChI=1S/C19H18ClN3O/c1-12-8-13(2)18(14(3)9-12)22-19(24)15-10-21-23(11-15)17-6-4-16(20)5-7-17/h4-11H,1-3H3,(H,22,24). The van der Waals surface area contributed by atoms with Gasteiger partial charge < -0.3 is 5.32 Å². The van der Waals surface area contributed by atoms with Gasteiger partial charge in [0.2, 0.25) is 0 Å². The van der Waals surface area contributed by atoms with Crippen molar-refractivity contribution < 1.29 is 4.79 Å². The molecule has 2 aromatic carbocycles. The quantitative estimate of drug-likeness (QED) is 0.751. The second-order valence-electron chi connectivity index (χ2n) is 5.88. The number of hydrogen-bond acceptors (Lipinski definition) is 2. The van der Waals surface area contributed by atoms with E-state index in [-0.39, 0.29) is 5.91 Å². The van der Waals surface area contributed by atoms with Crippen molar-refractivity contribution in [2.75, 3.05) is 5.32 Å². The Hall–Kier alpha value is -2.59. The van der Waals surface area contributed by atoms with E-state index in [0.717, 1.165) is 22.5 Å². The van der Waals surface area contributed by atoms with Crippen LogP contribution < -0.4 is 5.32 Å². The lowest BCUT2D eigenvalue weighted by Gasteiger charge is -2.12. The van der Waals surface area contributed by atoms with E-state index >= 15 is 0 Å². The SMILES string of the molecule is Cc1cc(C)c(NC(=O)c2cnn(-c3ccc(Cl)cc3)c2)c(C)c1. The first kappa shape index (κ1) is 16.3. The number of amides is 1. The number of benzene rings is 2. The molecule has 0 aliphatic rings. The molecule has 0 spiro atoms. The lowest BCUT2D eigenvalue weighted by Crippen LogP contribution is -2.13. The van der Waals surface area contributed by atoms with Crippen molar-refractivity contribution >= 4 is 23.2 Å². The highest BCUT2D eigenvalue weighted by atomic mass is 35.5. The maximum Gasteiger partial charge on any atom is 0.258 e. The molecular formula is C19H18ClN3O. The van der Waals surface area contributed by atoms with Gasteiger partial charge in [-0.05, 0) is 56.2 Å². The maximum absolute atomic E-state index is 12.5. The molecule has 3 rings (SSSR count). The molecule has 4 nitrogen and oxygen atoms in total. The zero-order chi connectivity index (χ0) is 17.3. The molecule has 24 heavy (non-hydrogen) atoms. The number of nitrogens with one attached hydrogen (secondary N) is 1. The molecule has 3 aromatic rings. The third-order valence-corrected chi connectivity index (χ3v) is 4.10. The largest absolute Gasteiger partial charge is 0.321 e. The number of carbonyl (C=O) groups excluding carboxylic acids is 1. The van der Waals surface area contributed by atoms with Gasteiger partial charge in [-0.15, -0.1) is 0 Å².